The lowest BCUT2D eigenvalue weighted by molar-refractivity contribution is 0.146. The third-order valence-corrected chi connectivity index (χ3v) is 4.86. The van der Waals surface area contributed by atoms with Crippen LogP contribution in [0.5, 0.6) is 5.75 Å². The fraction of sp³-hybridized carbons (Fsp3) is 0.385. The minimum absolute atomic E-state index is 0.378. The second-order valence-corrected chi connectivity index (χ2v) is 6.94. The quantitative estimate of drug-likeness (QED) is 0.391. The molecular formula is C26H33N3O4. The van der Waals surface area contributed by atoms with Gasteiger partial charge in [-0.15, -0.1) is 0 Å². The van der Waals surface area contributed by atoms with Crippen molar-refractivity contribution in [1.82, 2.24) is 4.57 Å². The van der Waals surface area contributed by atoms with E-state index in [0.717, 1.165) is 34.3 Å². The van der Waals surface area contributed by atoms with E-state index in [4.69, 9.17) is 14.2 Å². The monoisotopic (exact) mass is 451 g/mol. The first-order valence-corrected chi connectivity index (χ1v) is 11.3. The normalized spacial score (nSPS) is 10.2. The highest BCUT2D eigenvalue weighted by molar-refractivity contribution is 5.95. The lowest BCUT2D eigenvalue weighted by atomic mass is 10.1. The van der Waals surface area contributed by atoms with Gasteiger partial charge in [0.05, 0.1) is 30.0 Å². The molecule has 0 bridgehead atoms. The first-order valence-electron chi connectivity index (χ1n) is 11.3. The van der Waals surface area contributed by atoms with Crippen molar-refractivity contribution in [2.45, 2.75) is 40.7 Å². The predicted octanol–water partition coefficient (Wildman–Crippen LogP) is 6.21. The van der Waals surface area contributed by atoms with Crippen LogP contribution >= 0.6 is 0 Å². The molecule has 0 spiro atoms. The molecule has 176 valence electrons. The molecule has 0 saturated carbocycles. The number of aromatic nitrogens is 1. The summed E-state index contributed by atoms with van der Waals surface area (Å²) in [7, 11) is 1.63. The third-order valence-electron chi connectivity index (χ3n) is 4.86. The maximum Gasteiger partial charge on any atom is 0.411 e. The zero-order chi connectivity index (χ0) is 24.2. The Labute approximate surface area is 195 Å². The molecule has 0 aliphatic carbocycles. The van der Waals surface area contributed by atoms with E-state index >= 15 is 0 Å². The molecule has 1 amide bonds. The van der Waals surface area contributed by atoms with Gasteiger partial charge in [-0.3, -0.25) is 5.32 Å². The number of methoxy groups -OCH3 is 1. The number of hydrogen-bond donors (Lipinski definition) is 1. The summed E-state index contributed by atoms with van der Waals surface area (Å²) in [4.78, 5) is 11.8. The zero-order valence-corrected chi connectivity index (χ0v) is 20.1. The summed E-state index contributed by atoms with van der Waals surface area (Å²) in [5, 5.41) is 13.5. The Bertz CT molecular complexity index is 1080. The van der Waals surface area contributed by atoms with Gasteiger partial charge in [0, 0.05) is 30.8 Å². The highest BCUT2D eigenvalue weighted by atomic mass is 16.5. The van der Waals surface area contributed by atoms with E-state index in [2.05, 4.69) is 16.0 Å². The molecule has 0 atom stereocenters. The van der Waals surface area contributed by atoms with Crippen LogP contribution in [0.3, 0.4) is 0 Å². The molecule has 0 aliphatic rings. The molecule has 0 saturated heterocycles. The molecule has 0 radical (unpaired) electrons. The number of ether oxygens (including phenoxy) is 3. The van der Waals surface area contributed by atoms with E-state index in [1.54, 1.807) is 19.2 Å². The molecule has 3 rings (SSSR count). The highest BCUT2D eigenvalue weighted by Gasteiger charge is 2.18. The second kappa shape index (κ2) is 13.1. The summed E-state index contributed by atoms with van der Waals surface area (Å²) < 4.78 is 17.9. The van der Waals surface area contributed by atoms with Gasteiger partial charge >= 0.3 is 6.09 Å². The predicted molar refractivity (Wildman–Crippen MR) is 132 cm³/mol. The first kappa shape index (κ1) is 25.8. The van der Waals surface area contributed by atoms with E-state index < -0.39 is 6.09 Å². The smallest absolute Gasteiger partial charge is 0.411 e. The van der Waals surface area contributed by atoms with Crippen molar-refractivity contribution in [3.63, 3.8) is 0 Å². The van der Waals surface area contributed by atoms with E-state index in [-0.39, 0.29) is 0 Å². The molecule has 7 nitrogen and oxygen atoms in total. The van der Waals surface area contributed by atoms with Gasteiger partial charge in [0.2, 0.25) is 0 Å². The van der Waals surface area contributed by atoms with Crippen LogP contribution in [-0.2, 0) is 16.0 Å². The minimum atomic E-state index is -0.476. The number of aryl methyl sites for hydroxylation is 1. The Morgan fingerprint density at radius 3 is 2.39 bits per heavy atom. The molecule has 33 heavy (non-hydrogen) atoms. The van der Waals surface area contributed by atoms with E-state index in [0.29, 0.717) is 37.6 Å². The molecule has 2 aromatic carbocycles. The van der Waals surface area contributed by atoms with Crippen LogP contribution in [0.25, 0.3) is 22.2 Å². The number of hydrogen-bond acceptors (Lipinski definition) is 5. The van der Waals surface area contributed by atoms with Gasteiger partial charge in [0.1, 0.15) is 18.4 Å². The molecule has 3 aromatic rings. The zero-order valence-electron chi connectivity index (χ0n) is 20.1. The summed E-state index contributed by atoms with van der Waals surface area (Å²) in [6.07, 6.45) is 0.292. The number of nitrogens with one attached hydrogen (secondary N) is 1. The Hall–Kier alpha value is -3.50. The topological polar surface area (TPSA) is 85.5 Å². The average Bonchev–Trinajstić information content (AvgIpc) is 3.17. The summed E-state index contributed by atoms with van der Waals surface area (Å²) in [5.74, 6) is 0.734. The van der Waals surface area contributed by atoms with E-state index in [1.807, 2.05) is 58.0 Å². The SMILES string of the molecule is CC.CCCOC(=O)Nc1ccc(-c2c(C#N)c3ccc(OCCOC)cc3n2CC)cc1. The number of fused-ring (bicyclic) bond motifs is 1. The molecule has 1 heterocycles. The van der Waals surface area contributed by atoms with Crippen LogP contribution in [0.4, 0.5) is 10.5 Å². The number of nitriles is 1. The standard InChI is InChI=1S/C24H27N3O4.C2H6/c1-4-12-31-24(28)26-18-8-6-17(7-9-18)23-21(16-25)20-11-10-19(30-14-13-29-3)15-22(20)27(23)5-2;1-2/h6-11,15H,4-5,12-14H2,1-3H3,(H,26,28);1-2H3. The fourth-order valence-corrected chi connectivity index (χ4v) is 3.46. The maximum atomic E-state index is 11.8. The highest BCUT2D eigenvalue weighted by Crippen LogP contribution is 2.35. The van der Waals surface area contributed by atoms with Gasteiger partial charge in [-0.05, 0) is 43.2 Å². The number of rotatable bonds is 9. The van der Waals surface area contributed by atoms with Gasteiger partial charge in [-0.25, -0.2) is 4.79 Å². The van der Waals surface area contributed by atoms with Crippen molar-refractivity contribution in [2.75, 3.05) is 32.2 Å². The fourth-order valence-electron chi connectivity index (χ4n) is 3.46. The average molecular weight is 452 g/mol. The Balaban J connectivity index is 0.00000187. The number of benzene rings is 2. The van der Waals surface area contributed by atoms with Crippen LogP contribution in [-0.4, -0.2) is 37.6 Å². The number of anilines is 1. The van der Waals surface area contributed by atoms with Crippen molar-refractivity contribution in [2.24, 2.45) is 0 Å². The van der Waals surface area contributed by atoms with E-state index in [1.165, 1.54) is 0 Å². The second-order valence-electron chi connectivity index (χ2n) is 6.94. The van der Waals surface area contributed by atoms with Crippen molar-refractivity contribution in [3.05, 3.63) is 48.0 Å². The molecule has 0 fully saturated rings. The van der Waals surface area contributed by atoms with Crippen LogP contribution in [0.15, 0.2) is 42.5 Å². The van der Waals surface area contributed by atoms with Crippen LogP contribution < -0.4 is 10.1 Å². The number of nitrogens with zero attached hydrogens (tertiary/aromatic N) is 2. The van der Waals surface area contributed by atoms with Gasteiger partial charge in [-0.2, -0.15) is 5.26 Å². The van der Waals surface area contributed by atoms with Crippen molar-refractivity contribution in [1.29, 1.82) is 5.26 Å². The van der Waals surface area contributed by atoms with Gasteiger partial charge in [-0.1, -0.05) is 32.9 Å². The van der Waals surface area contributed by atoms with Crippen molar-refractivity contribution in [3.8, 4) is 23.1 Å². The minimum Gasteiger partial charge on any atom is -0.491 e. The van der Waals surface area contributed by atoms with Crippen LogP contribution in [0.2, 0.25) is 0 Å². The molecular weight excluding hydrogens is 418 g/mol. The molecule has 1 N–H and O–H groups in total. The van der Waals surface area contributed by atoms with Crippen LogP contribution in [0.1, 0.15) is 39.7 Å². The van der Waals surface area contributed by atoms with Gasteiger partial charge < -0.3 is 18.8 Å². The lowest BCUT2D eigenvalue weighted by Gasteiger charge is -2.11. The molecule has 0 aliphatic heterocycles. The number of amides is 1. The molecule has 7 heteroatoms. The molecule has 0 unspecified atom stereocenters. The van der Waals surface area contributed by atoms with Crippen LogP contribution in [0, 0.1) is 11.3 Å². The number of carbonyl (C=O) groups is 1. The van der Waals surface area contributed by atoms with Gasteiger partial charge in [0.15, 0.2) is 0 Å². The Morgan fingerprint density at radius 1 is 1.06 bits per heavy atom. The summed E-state index contributed by atoms with van der Waals surface area (Å²) in [6, 6.07) is 15.5. The number of carbonyl (C=O) groups excluding carboxylic acids is 1. The Kier molecular flexibility index (Phi) is 10.3. The largest absolute Gasteiger partial charge is 0.491 e. The Morgan fingerprint density at radius 2 is 1.79 bits per heavy atom. The summed E-state index contributed by atoms with van der Waals surface area (Å²) >= 11 is 0. The van der Waals surface area contributed by atoms with E-state index in [9.17, 15) is 10.1 Å². The lowest BCUT2D eigenvalue weighted by Crippen LogP contribution is -2.13. The van der Waals surface area contributed by atoms with Crippen molar-refractivity contribution >= 4 is 22.7 Å². The summed E-state index contributed by atoms with van der Waals surface area (Å²) in [6.45, 7) is 10.0. The van der Waals surface area contributed by atoms with Gasteiger partial charge in [0.25, 0.3) is 0 Å². The first-order chi connectivity index (χ1) is 16.1. The molecule has 1 aromatic heterocycles. The van der Waals surface area contributed by atoms with Crippen molar-refractivity contribution < 1.29 is 19.0 Å². The summed E-state index contributed by atoms with van der Waals surface area (Å²) in [5.41, 5.74) is 3.92. The third kappa shape index (κ3) is 6.27. The maximum absolute atomic E-state index is 11.8.